The minimum Gasteiger partial charge on any atom is -0.490 e. The molecule has 0 radical (unpaired) electrons. The maximum atomic E-state index is 5.73. The number of benzene rings is 1. The average Bonchev–Trinajstić information content (AvgIpc) is 2.44. The zero-order chi connectivity index (χ0) is 13.9. The molecule has 4 heteroatoms. The molecule has 0 saturated carbocycles. The Labute approximate surface area is 121 Å². The quantitative estimate of drug-likeness (QED) is 0.668. The smallest absolute Gasteiger partial charge is 0.161 e. The van der Waals surface area contributed by atoms with E-state index in [2.05, 4.69) is 18.5 Å². The number of ether oxygens (including phenoxy) is 2. The van der Waals surface area contributed by atoms with Gasteiger partial charge in [0.2, 0.25) is 0 Å². The summed E-state index contributed by atoms with van der Waals surface area (Å²) in [6.45, 7) is 7.45. The van der Waals surface area contributed by atoms with Crippen molar-refractivity contribution in [2.24, 2.45) is 0 Å². The van der Waals surface area contributed by atoms with Crippen LogP contribution < -0.4 is 14.8 Å². The summed E-state index contributed by atoms with van der Waals surface area (Å²) in [5.41, 5.74) is 0. The molecule has 0 aliphatic heterocycles. The van der Waals surface area contributed by atoms with Crippen molar-refractivity contribution in [2.75, 3.05) is 32.6 Å². The molecule has 0 amide bonds. The summed E-state index contributed by atoms with van der Waals surface area (Å²) in [7, 11) is 0. The molecule has 3 nitrogen and oxygen atoms in total. The van der Waals surface area contributed by atoms with Crippen LogP contribution in [0.1, 0.15) is 20.3 Å². The van der Waals surface area contributed by atoms with Crippen LogP contribution in [0.4, 0.5) is 0 Å². The molecule has 108 valence electrons. The highest BCUT2D eigenvalue weighted by Crippen LogP contribution is 2.25. The molecule has 19 heavy (non-hydrogen) atoms. The topological polar surface area (TPSA) is 30.5 Å². The van der Waals surface area contributed by atoms with E-state index in [9.17, 15) is 0 Å². The summed E-state index contributed by atoms with van der Waals surface area (Å²) in [5, 5.41) is 4.11. The van der Waals surface area contributed by atoms with Crippen LogP contribution in [0.2, 0.25) is 0 Å². The van der Waals surface area contributed by atoms with Crippen LogP contribution in [-0.2, 0) is 0 Å². The third kappa shape index (κ3) is 6.73. The van der Waals surface area contributed by atoms with E-state index >= 15 is 0 Å². The van der Waals surface area contributed by atoms with Crippen molar-refractivity contribution in [3.05, 3.63) is 24.3 Å². The highest BCUT2D eigenvalue weighted by molar-refractivity contribution is 7.99. The van der Waals surface area contributed by atoms with Gasteiger partial charge >= 0.3 is 0 Å². The Morgan fingerprint density at radius 1 is 1.16 bits per heavy atom. The van der Waals surface area contributed by atoms with Crippen molar-refractivity contribution >= 4 is 11.8 Å². The SMILES string of the molecule is CCOc1ccccc1OCCNCCC(C)SC. The van der Waals surface area contributed by atoms with Gasteiger partial charge in [-0.1, -0.05) is 19.1 Å². The van der Waals surface area contributed by atoms with E-state index in [4.69, 9.17) is 9.47 Å². The molecule has 0 spiro atoms. The van der Waals surface area contributed by atoms with Crippen LogP contribution in [0.15, 0.2) is 24.3 Å². The number of thioether (sulfide) groups is 1. The fourth-order valence-corrected chi connectivity index (χ4v) is 1.98. The maximum absolute atomic E-state index is 5.73. The summed E-state index contributed by atoms with van der Waals surface area (Å²) >= 11 is 1.91. The zero-order valence-corrected chi connectivity index (χ0v) is 13.0. The second kappa shape index (κ2) is 9.98. The number of hydrogen-bond donors (Lipinski definition) is 1. The maximum Gasteiger partial charge on any atom is 0.161 e. The van der Waals surface area contributed by atoms with Crippen molar-refractivity contribution in [3.63, 3.8) is 0 Å². The van der Waals surface area contributed by atoms with Crippen LogP contribution in [-0.4, -0.2) is 37.8 Å². The number of nitrogens with one attached hydrogen (secondary N) is 1. The molecule has 0 aromatic heterocycles. The van der Waals surface area contributed by atoms with Gasteiger partial charge in [0.1, 0.15) is 6.61 Å². The van der Waals surface area contributed by atoms with Gasteiger partial charge in [0, 0.05) is 11.8 Å². The van der Waals surface area contributed by atoms with Crippen LogP contribution in [0.25, 0.3) is 0 Å². The Kier molecular flexibility index (Phi) is 8.50. The highest BCUT2D eigenvalue weighted by atomic mass is 32.2. The monoisotopic (exact) mass is 283 g/mol. The Balaban J connectivity index is 2.18. The Morgan fingerprint density at radius 2 is 1.84 bits per heavy atom. The first-order valence-electron chi connectivity index (χ1n) is 6.86. The summed E-state index contributed by atoms with van der Waals surface area (Å²) in [4.78, 5) is 0. The van der Waals surface area contributed by atoms with Gasteiger partial charge in [-0.2, -0.15) is 11.8 Å². The largest absolute Gasteiger partial charge is 0.490 e. The van der Waals surface area contributed by atoms with E-state index in [1.807, 2.05) is 43.0 Å². The lowest BCUT2D eigenvalue weighted by Gasteiger charge is -2.12. The second-order valence-electron chi connectivity index (χ2n) is 4.31. The van der Waals surface area contributed by atoms with Crippen molar-refractivity contribution in [1.29, 1.82) is 0 Å². The van der Waals surface area contributed by atoms with E-state index < -0.39 is 0 Å². The standard InChI is InChI=1S/C15H25NO2S/c1-4-17-14-7-5-6-8-15(14)18-12-11-16-10-9-13(2)19-3/h5-8,13,16H,4,9-12H2,1-3H3. The molecule has 0 heterocycles. The van der Waals surface area contributed by atoms with Gasteiger partial charge in [0.15, 0.2) is 11.5 Å². The second-order valence-corrected chi connectivity index (χ2v) is 5.59. The fraction of sp³-hybridized carbons (Fsp3) is 0.600. The number of rotatable bonds is 10. The molecule has 1 unspecified atom stereocenters. The fourth-order valence-electron chi connectivity index (χ4n) is 1.63. The summed E-state index contributed by atoms with van der Waals surface area (Å²) in [6, 6.07) is 7.80. The Hall–Kier alpha value is -0.870. The van der Waals surface area contributed by atoms with Gasteiger partial charge in [-0.15, -0.1) is 0 Å². The summed E-state index contributed by atoms with van der Waals surface area (Å²) in [5.74, 6) is 1.64. The number of para-hydroxylation sites is 2. The molecule has 1 atom stereocenters. The lowest BCUT2D eigenvalue weighted by molar-refractivity contribution is 0.276. The molecule has 0 fully saturated rings. The van der Waals surface area contributed by atoms with Crippen LogP contribution in [0, 0.1) is 0 Å². The molecule has 1 rings (SSSR count). The lowest BCUT2D eigenvalue weighted by Crippen LogP contribution is -2.23. The summed E-state index contributed by atoms with van der Waals surface area (Å²) in [6.07, 6.45) is 3.34. The van der Waals surface area contributed by atoms with Gasteiger partial charge in [0.05, 0.1) is 6.61 Å². The van der Waals surface area contributed by atoms with Gasteiger partial charge in [0.25, 0.3) is 0 Å². The predicted octanol–water partition coefficient (Wildman–Crippen LogP) is 3.20. The van der Waals surface area contributed by atoms with Gasteiger partial charge in [-0.25, -0.2) is 0 Å². The molecular formula is C15H25NO2S. The Bertz CT molecular complexity index is 347. The highest BCUT2D eigenvalue weighted by Gasteiger charge is 2.03. The lowest BCUT2D eigenvalue weighted by atomic mass is 10.3. The van der Waals surface area contributed by atoms with Crippen molar-refractivity contribution in [1.82, 2.24) is 5.32 Å². The molecule has 0 bridgehead atoms. The normalized spacial score (nSPS) is 12.2. The van der Waals surface area contributed by atoms with Crippen molar-refractivity contribution < 1.29 is 9.47 Å². The van der Waals surface area contributed by atoms with E-state index in [1.54, 1.807) is 0 Å². The van der Waals surface area contributed by atoms with E-state index in [0.717, 1.165) is 24.6 Å². The minimum atomic E-state index is 0.658. The van der Waals surface area contributed by atoms with E-state index in [-0.39, 0.29) is 0 Å². The zero-order valence-electron chi connectivity index (χ0n) is 12.1. The van der Waals surface area contributed by atoms with Crippen LogP contribution >= 0.6 is 11.8 Å². The van der Waals surface area contributed by atoms with E-state index in [1.165, 1.54) is 6.42 Å². The van der Waals surface area contributed by atoms with Crippen molar-refractivity contribution in [2.45, 2.75) is 25.5 Å². The predicted molar refractivity (Wildman–Crippen MR) is 83.6 cm³/mol. The molecule has 0 saturated heterocycles. The molecule has 0 aliphatic rings. The van der Waals surface area contributed by atoms with Crippen molar-refractivity contribution in [3.8, 4) is 11.5 Å². The third-order valence-corrected chi connectivity index (χ3v) is 3.86. The minimum absolute atomic E-state index is 0.658. The molecular weight excluding hydrogens is 258 g/mol. The third-order valence-electron chi connectivity index (χ3n) is 2.82. The van der Waals surface area contributed by atoms with E-state index in [0.29, 0.717) is 18.5 Å². The Morgan fingerprint density at radius 3 is 2.47 bits per heavy atom. The van der Waals surface area contributed by atoms with Crippen LogP contribution in [0.5, 0.6) is 11.5 Å². The first-order valence-corrected chi connectivity index (χ1v) is 8.14. The van der Waals surface area contributed by atoms with Crippen LogP contribution in [0.3, 0.4) is 0 Å². The summed E-state index contributed by atoms with van der Waals surface area (Å²) < 4.78 is 11.2. The van der Waals surface area contributed by atoms with Gasteiger partial charge in [-0.3, -0.25) is 0 Å². The first kappa shape index (κ1) is 16.2. The molecule has 0 aliphatic carbocycles. The van der Waals surface area contributed by atoms with Gasteiger partial charge < -0.3 is 14.8 Å². The molecule has 1 aromatic carbocycles. The number of hydrogen-bond acceptors (Lipinski definition) is 4. The molecule has 1 aromatic rings. The van der Waals surface area contributed by atoms with Gasteiger partial charge in [-0.05, 0) is 38.3 Å². The molecule has 1 N–H and O–H groups in total. The average molecular weight is 283 g/mol. The first-order chi connectivity index (χ1) is 9.27.